The molecule has 1 fully saturated rings. The van der Waals surface area contributed by atoms with Crippen molar-refractivity contribution in [3.8, 4) is 0 Å². The average Bonchev–Trinajstić information content (AvgIpc) is 2.80. The van der Waals surface area contributed by atoms with Gasteiger partial charge in [0.25, 0.3) is 0 Å². The van der Waals surface area contributed by atoms with E-state index in [0.717, 1.165) is 19.3 Å². The van der Waals surface area contributed by atoms with Crippen molar-refractivity contribution in [1.82, 2.24) is 4.31 Å². The Bertz CT molecular complexity index is 659. The van der Waals surface area contributed by atoms with Crippen molar-refractivity contribution >= 4 is 31.9 Å². The first-order chi connectivity index (χ1) is 9.78. The molecule has 0 aliphatic carbocycles. The van der Waals surface area contributed by atoms with Crippen LogP contribution in [-0.4, -0.2) is 35.9 Å². The Labute approximate surface area is 133 Å². The fourth-order valence-corrected chi connectivity index (χ4v) is 5.81. The van der Waals surface area contributed by atoms with Crippen LogP contribution in [0.25, 0.3) is 0 Å². The number of carboxylic acids is 1. The molecule has 1 aliphatic heterocycles. The quantitative estimate of drug-likeness (QED) is 0.876. The van der Waals surface area contributed by atoms with E-state index in [-0.39, 0.29) is 27.0 Å². The third-order valence-electron chi connectivity index (χ3n) is 3.92. The maximum absolute atomic E-state index is 12.9. The van der Waals surface area contributed by atoms with E-state index in [4.69, 9.17) is 5.11 Å². The van der Waals surface area contributed by atoms with Crippen LogP contribution in [0.2, 0.25) is 0 Å². The predicted octanol–water partition coefficient (Wildman–Crippen LogP) is 3.10. The van der Waals surface area contributed by atoms with E-state index in [2.05, 4.69) is 15.9 Å². The topological polar surface area (TPSA) is 74.7 Å². The summed E-state index contributed by atoms with van der Waals surface area (Å²) in [5, 5.41) is 8.96. The highest BCUT2D eigenvalue weighted by Crippen LogP contribution is 2.35. The molecule has 0 radical (unpaired) electrons. The lowest BCUT2D eigenvalue weighted by Gasteiger charge is -2.27. The molecule has 2 unspecified atom stereocenters. The van der Waals surface area contributed by atoms with Crippen LogP contribution in [0.1, 0.15) is 43.5 Å². The molecule has 0 spiro atoms. The molecule has 7 heteroatoms. The number of nitrogens with zero attached hydrogens (tertiary/aromatic N) is 1. The number of hydrogen-bond donors (Lipinski definition) is 1. The second kappa shape index (κ2) is 6.06. The van der Waals surface area contributed by atoms with E-state index in [1.165, 1.54) is 18.2 Å². The average molecular weight is 376 g/mol. The first kappa shape index (κ1) is 16.5. The second-order valence-corrected chi connectivity index (χ2v) is 7.94. The van der Waals surface area contributed by atoms with Gasteiger partial charge in [-0.2, -0.15) is 4.31 Å². The summed E-state index contributed by atoms with van der Waals surface area (Å²) < 4.78 is 27.6. The van der Waals surface area contributed by atoms with Gasteiger partial charge >= 0.3 is 5.97 Å². The van der Waals surface area contributed by atoms with Gasteiger partial charge in [-0.1, -0.05) is 6.92 Å². The van der Waals surface area contributed by atoms with Gasteiger partial charge in [0, 0.05) is 16.6 Å². The van der Waals surface area contributed by atoms with Gasteiger partial charge in [-0.05, 0) is 60.3 Å². The van der Waals surface area contributed by atoms with E-state index >= 15 is 0 Å². The van der Waals surface area contributed by atoms with Gasteiger partial charge in [0.2, 0.25) is 10.0 Å². The van der Waals surface area contributed by atoms with Crippen LogP contribution in [0.5, 0.6) is 0 Å². The summed E-state index contributed by atoms with van der Waals surface area (Å²) in [5.74, 6) is -1.08. The number of hydrogen-bond acceptors (Lipinski definition) is 3. The summed E-state index contributed by atoms with van der Waals surface area (Å²) in [6, 6.07) is 3.99. The van der Waals surface area contributed by atoms with E-state index in [1.807, 2.05) is 13.8 Å². The molecule has 21 heavy (non-hydrogen) atoms. The number of halogens is 1. The molecule has 0 amide bonds. The fourth-order valence-electron chi connectivity index (χ4n) is 2.82. The van der Waals surface area contributed by atoms with Crippen molar-refractivity contribution in [3.63, 3.8) is 0 Å². The molecule has 1 aromatic carbocycles. The minimum Gasteiger partial charge on any atom is -0.478 e. The number of sulfonamides is 1. The van der Waals surface area contributed by atoms with Gasteiger partial charge in [-0.25, -0.2) is 13.2 Å². The number of rotatable bonds is 4. The molecule has 1 aliphatic rings. The largest absolute Gasteiger partial charge is 0.478 e. The highest BCUT2D eigenvalue weighted by Gasteiger charge is 2.39. The van der Waals surface area contributed by atoms with Crippen molar-refractivity contribution in [2.75, 3.05) is 0 Å². The zero-order valence-electron chi connectivity index (χ0n) is 11.9. The molecule has 1 aromatic rings. The third kappa shape index (κ3) is 3.00. The molecule has 0 saturated carbocycles. The van der Waals surface area contributed by atoms with Gasteiger partial charge in [0.1, 0.15) is 0 Å². The third-order valence-corrected chi connectivity index (χ3v) is 6.96. The Morgan fingerprint density at radius 2 is 2.10 bits per heavy atom. The minimum atomic E-state index is -3.63. The maximum atomic E-state index is 12.9. The highest BCUT2D eigenvalue weighted by molar-refractivity contribution is 9.10. The minimum absolute atomic E-state index is 0.0102. The van der Waals surface area contributed by atoms with Crippen LogP contribution in [0.4, 0.5) is 0 Å². The van der Waals surface area contributed by atoms with Gasteiger partial charge in [0.15, 0.2) is 0 Å². The Balaban J connectivity index is 2.47. The van der Waals surface area contributed by atoms with Crippen molar-refractivity contribution in [1.29, 1.82) is 0 Å². The van der Waals surface area contributed by atoms with Gasteiger partial charge < -0.3 is 5.11 Å². The Morgan fingerprint density at radius 1 is 1.43 bits per heavy atom. The Morgan fingerprint density at radius 3 is 2.62 bits per heavy atom. The predicted molar refractivity (Wildman–Crippen MR) is 82.9 cm³/mol. The van der Waals surface area contributed by atoms with E-state index < -0.39 is 16.0 Å². The molecule has 1 N–H and O–H groups in total. The summed E-state index contributed by atoms with van der Waals surface area (Å²) in [5.41, 5.74) is 0.0577. The number of carbonyl (C=O) groups is 1. The van der Waals surface area contributed by atoms with Crippen molar-refractivity contribution in [2.24, 2.45) is 0 Å². The standard InChI is InChI=1S/C14H18BrNO4S/c1-3-11-6-4-9(2)16(11)21(19,20)13-7-5-10(14(17)18)8-12(13)15/h5,7-9,11H,3-4,6H2,1-2H3,(H,17,18). The molecule has 1 heterocycles. The second-order valence-electron chi connectivity index (χ2n) is 5.27. The molecule has 0 bridgehead atoms. The summed E-state index contributed by atoms with van der Waals surface area (Å²) in [6.07, 6.45) is 2.48. The number of benzene rings is 1. The van der Waals surface area contributed by atoms with E-state index in [1.54, 1.807) is 4.31 Å². The molecular formula is C14H18BrNO4S. The van der Waals surface area contributed by atoms with Crippen molar-refractivity contribution in [2.45, 2.75) is 50.1 Å². The molecule has 5 nitrogen and oxygen atoms in total. The Hall–Kier alpha value is -0.920. The summed E-state index contributed by atoms with van der Waals surface area (Å²) in [6.45, 7) is 3.89. The summed E-state index contributed by atoms with van der Waals surface area (Å²) in [7, 11) is -3.63. The zero-order valence-corrected chi connectivity index (χ0v) is 14.3. The van der Waals surface area contributed by atoms with E-state index in [0.29, 0.717) is 0 Å². The molecule has 0 aromatic heterocycles. The maximum Gasteiger partial charge on any atom is 0.335 e. The zero-order chi connectivity index (χ0) is 15.8. The molecule has 2 atom stereocenters. The van der Waals surface area contributed by atoms with Crippen molar-refractivity contribution in [3.05, 3.63) is 28.2 Å². The molecule has 1 saturated heterocycles. The first-order valence-electron chi connectivity index (χ1n) is 6.85. The summed E-state index contributed by atoms with van der Waals surface area (Å²) >= 11 is 3.19. The normalized spacial score (nSPS) is 23.4. The summed E-state index contributed by atoms with van der Waals surface area (Å²) in [4.78, 5) is 11.1. The molecule has 2 rings (SSSR count). The van der Waals surface area contributed by atoms with Crippen LogP contribution >= 0.6 is 15.9 Å². The molecule has 116 valence electrons. The van der Waals surface area contributed by atoms with Crippen LogP contribution < -0.4 is 0 Å². The van der Waals surface area contributed by atoms with Crippen LogP contribution in [0.3, 0.4) is 0 Å². The smallest absolute Gasteiger partial charge is 0.335 e. The number of aromatic carboxylic acids is 1. The Kier molecular flexibility index (Phi) is 4.75. The van der Waals surface area contributed by atoms with Gasteiger partial charge in [0.05, 0.1) is 10.5 Å². The number of carboxylic acid groups (broad SMARTS) is 1. The van der Waals surface area contributed by atoms with Crippen molar-refractivity contribution < 1.29 is 18.3 Å². The van der Waals surface area contributed by atoms with Crippen LogP contribution in [-0.2, 0) is 10.0 Å². The first-order valence-corrected chi connectivity index (χ1v) is 9.08. The fraction of sp³-hybridized carbons (Fsp3) is 0.500. The lowest BCUT2D eigenvalue weighted by Crippen LogP contribution is -2.39. The van der Waals surface area contributed by atoms with E-state index in [9.17, 15) is 13.2 Å². The SMILES string of the molecule is CCC1CCC(C)N1S(=O)(=O)c1ccc(C(=O)O)cc1Br. The van der Waals surface area contributed by atoms with Crippen LogP contribution in [0, 0.1) is 0 Å². The monoisotopic (exact) mass is 375 g/mol. The highest BCUT2D eigenvalue weighted by atomic mass is 79.9. The lowest BCUT2D eigenvalue weighted by atomic mass is 10.2. The molecular weight excluding hydrogens is 358 g/mol. The van der Waals surface area contributed by atoms with Gasteiger partial charge in [-0.3, -0.25) is 0 Å². The van der Waals surface area contributed by atoms with Crippen LogP contribution in [0.15, 0.2) is 27.6 Å². The van der Waals surface area contributed by atoms with Gasteiger partial charge in [-0.15, -0.1) is 0 Å². The lowest BCUT2D eigenvalue weighted by molar-refractivity contribution is 0.0696.